The molecule has 2 N–H and O–H groups in total. The van der Waals surface area contributed by atoms with Gasteiger partial charge >= 0.3 is 0 Å². The first-order valence-electron chi connectivity index (χ1n) is 5.71. The lowest BCUT2D eigenvalue weighted by molar-refractivity contribution is 0.601. The fourth-order valence-corrected chi connectivity index (χ4v) is 3.31. The molecule has 0 bridgehead atoms. The van der Waals surface area contributed by atoms with Gasteiger partial charge in [-0.3, -0.25) is 9.71 Å². The van der Waals surface area contributed by atoms with Crippen molar-refractivity contribution >= 4 is 37.5 Å². The monoisotopic (exact) mass is 356 g/mol. The number of pyridine rings is 2. The van der Waals surface area contributed by atoms with Crippen molar-refractivity contribution in [1.29, 1.82) is 0 Å². The quantitative estimate of drug-likeness (QED) is 0.878. The van der Waals surface area contributed by atoms with Crippen LogP contribution in [0.3, 0.4) is 0 Å². The summed E-state index contributed by atoms with van der Waals surface area (Å²) in [6.45, 7) is 1.78. The third-order valence-electron chi connectivity index (χ3n) is 2.62. The maximum Gasteiger partial charge on any atom is 0.266 e. The van der Waals surface area contributed by atoms with Gasteiger partial charge in [-0.2, -0.15) is 0 Å². The van der Waals surface area contributed by atoms with Crippen molar-refractivity contribution in [3.8, 4) is 0 Å². The molecule has 2 aromatic heterocycles. The third kappa shape index (κ3) is 3.07. The van der Waals surface area contributed by atoms with Gasteiger partial charge < -0.3 is 5.32 Å². The topological polar surface area (TPSA) is 84.0 Å². The molecule has 0 aromatic carbocycles. The maximum absolute atomic E-state index is 12.4. The number of aromatic nitrogens is 2. The van der Waals surface area contributed by atoms with Gasteiger partial charge in [0, 0.05) is 30.1 Å². The number of sulfonamides is 1. The van der Waals surface area contributed by atoms with Gasteiger partial charge in [-0.1, -0.05) is 0 Å². The number of nitrogens with one attached hydrogen (secondary N) is 2. The van der Waals surface area contributed by atoms with Crippen LogP contribution in [0.5, 0.6) is 0 Å². The summed E-state index contributed by atoms with van der Waals surface area (Å²) in [5, 5.41) is 2.82. The molecular formula is C12H13BrN4O2S. The Bertz CT molecular complexity index is 734. The molecule has 20 heavy (non-hydrogen) atoms. The highest BCUT2D eigenvalue weighted by Gasteiger charge is 2.19. The average Bonchev–Trinajstić information content (AvgIpc) is 2.42. The van der Waals surface area contributed by atoms with Gasteiger partial charge in [-0.05, 0) is 40.5 Å². The number of anilines is 2. The smallest absolute Gasteiger partial charge is 0.266 e. The van der Waals surface area contributed by atoms with E-state index in [0.717, 1.165) is 10.0 Å². The molecule has 0 unspecified atom stereocenters. The Kier molecular flexibility index (Phi) is 4.24. The van der Waals surface area contributed by atoms with Crippen molar-refractivity contribution in [2.24, 2.45) is 0 Å². The predicted octanol–water partition coefficient (Wildman–Crippen LogP) is 2.39. The SMILES string of the molecule is CNc1ccncc1S(=O)(=O)Nc1ncc(Br)cc1C. The van der Waals surface area contributed by atoms with Crippen LogP contribution >= 0.6 is 15.9 Å². The minimum atomic E-state index is -3.74. The van der Waals surface area contributed by atoms with Crippen LogP contribution in [0.15, 0.2) is 40.1 Å². The second-order valence-corrected chi connectivity index (χ2v) is 6.61. The van der Waals surface area contributed by atoms with Gasteiger partial charge in [0.05, 0.1) is 5.69 Å². The first-order chi connectivity index (χ1) is 9.44. The van der Waals surface area contributed by atoms with E-state index in [1.165, 1.54) is 18.6 Å². The molecular weight excluding hydrogens is 344 g/mol. The Labute approximate surface area is 125 Å². The van der Waals surface area contributed by atoms with Crippen LogP contribution in [0.4, 0.5) is 11.5 Å². The second kappa shape index (κ2) is 5.76. The van der Waals surface area contributed by atoms with E-state index in [1.54, 1.807) is 26.1 Å². The van der Waals surface area contributed by atoms with Crippen LogP contribution in [0.2, 0.25) is 0 Å². The van der Waals surface area contributed by atoms with E-state index in [9.17, 15) is 8.42 Å². The molecule has 0 aliphatic carbocycles. The number of aryl methyl sites for hydroxylation is 1. The standard InChI is InChI=1S/C12H13BrN4O2S/c1-8-5-9(13)6-16-12(8)17-20(18,19)11-7-15-4-3-10(11)14-2/h3-7H,1-2H3,(H,14,15)(H,16,17). The highest BCUT2D eigenvalue weighted by Crippen LogP contribution is 2.23. The van der Waals surface area contributed by atoms with Crippen molar-refractivity contribution in [1.82, 2.24) is 9.97 Å². The van der Waals surface area contributed by atoms with E-state index in [-0.39, 0.29) is 4.90 Å². The summed E-state index contributed by atoms with van der Waals surface area (Å²) in [5.74, 6) is 0.291. The summed E-state index contributed by atoms with van der Waals surface area (Å²) in [6, 6.07) is 3.38. The molecule has 0 spiro atoms. The van der Waals surface area contributed by atoms with Crippen LogP contribution in [0, 0.1) is 6.92 Å². The molecule has 2 heterocycles. The lowest BCUT2D eigenvalue weighted by Crippen LogP contribution is -2.16. The summed E-state index contributed by atoms with van der Waals surface area (Å²) < 4.78 is 28.0. The van der Waals surface area contributed by atoms with Crippen LogP contribution in [0.25, 0.3) is 0 Å². The zero-order valence-electron chi connectivity index (χ0n) is 10.9. The van der Waals surface area contributed by atoms with E-state index >= 15 is 0 Å². The summed E-state index contributed by atoms with van der Waals surface area (Å²) >= 11 is 3.28. The van der Waals surface area contributed by atoms with Crippen molar-refractivity contribution in [3.05, 3.63) is 40.8 Å². The van der Waals surface area contributed by atoms with E-state index in [1.807, 2.05) is 0 Å². The fourth-order valence-electron chi connectivity index (χ4n) is 1.63. The first-order valence-corrected chi connectivity index (χ1v) is 7.98. The maximum atomic E-state index is 12.4. The zero-order valence-corrected chi connectivity index (χ0v) is 13.3. The molecule has 0 aliphatic heterocycles. The van der Waals surface area contributed by atoms with Crippen LogP contribution in [0.1, 0.15) is 5.56 Å². The van der Waals surface area contributed by atoms with Gasteiger partial charge in [-0.25, -0.2) is 13.4 Å². The molecule has 0 radical (unpaired) electrons. The molecule has 106 valence electrons. The van der Waals surface area contributed by atoms with Gasteiger partial charge in [0.25, 0.3) is 10.0 Å². The summed E-state index contributed by atoms with van der Waals surface area (Å²) in [4.78, 5) is 7.99. The van der Waals surface area contributed by atoms with Crippen molar-refractivity contribution in [3.63, 3.8) is 0 Å². The fraction of sp³-hybridized carbons (Fsp3) is 0.167. The van der Waals surface area contributed by atoms with Crippen molar-refractivity contribution in [2.45, 2.75) is 11.8 Å². The third-order valence-corrected chi connectivity index (χ3v) is 4.42. The summed E-state index contributed by atoms with van der Waals surface area (Å²) in [5.41, 5.74) is 1.19. The zero-order chi connectivity index (χ0) is 14.8. The predicted molar refractivity (Wildman–Crippen MR) is 81.3 cm³/mol. The first kappa shape index (κ1) is 14.7. The Balaban J connectivity index is 2.41. The lowest BCUT2D eigenvalue weighted by atomic mass is 10.3. The minimum Gasteiger partial charge on any atom is -0.387 e. The minimum absolute atomic E-state index is 0.0756. The number of nitrogens with zero attached hydrogens (tertiary/aromatic N) is 2. The van der Waals surface area contributed by atoms with E-state index in [2.05, 4.69) is 35.9 Å². The normalized spacial score (nSPS) is 11.2. The molecule has 0 aliphatic rings. The molecule has 2 rings (SSSR count). The Hall–Kier alpha value is -1.67. The Morgan fingerprint density at radius 3 is 2.70 bits per heavy atom. The van der Waals surface area contributed by atoms with Gasteiger partial charge in [0.15, 0.2) is 0 Å². The number of rotatable bonds is 4. The van der Waals surface area contributed by atoms with Crippen molar-refractivity contribution in [2.75, 3.05) is 17.1 Å². The van der Waals surface area contributed by atoms with Crippen molar-refractivity contribution < 1.29 is 8.42 Å². The molecule has 0 amide bonds. The Morgan fingerprint density at radius 2 is 2.05 bits per heavy atom. The molecule has 0 saturated carbocycles. The molecule has 0 atom stereocenters. The molecule has 0 fully saturated rings. The van der Waals surface area contributed by atoms with Crippen LogP contribution in [-0.4, -0.2) is 25.4 Å². The largest absolute Gasteiger partial charge is 0.387 e. The lowest BCUT2D eigenvalue weighted by Gasteiger charge is -2.12. The molecule has 2 aromatic rings. The van der Waals surface area contributed by atoms with Gasteiger partial charge in [0.1, 0.15) is 10.7 Å². The number of hydrogen-bond acceptors (Lipinski definition) is 5. The molecule has 6 nitrogen and oxygen atoms in total. The summed E-state index contributed by atoms with van der Waals surface area (Å²) in [7, 11) is -2.09. The van der Waals surface area contributed by atoms with E-state index < -0.39 is 10.0 Å². The van der Waals surface area contributed by atoms with Crippen LogP contribution < -0.4 is 10.0 Å². The molecule has 0 saturated heterocycles. The highest BCUT2D eigenvalue weighted by atomic mass is 79.9. The number of hydrogen-bond donors (Lipinski definition) is 2. The van der Waals surface area contributed by atoms with E-state index in [0.29, 0.717) is 11.5 Å². The highest BCUT2D eigenvalue weighted by molar-refractivity contribution is 9.10. The van der Waals surface area contributed by atoms with Gasteiger partial charge in [0.2, 0.25) is 0 Å². The second-order valence-electron chi connectivity index (χ2n) is 4.05. The van der Waals surface area contributed by atoms with E-state index in [4.69, 9.17) is 0 Å². The Morgan fingerprint density at radius 1 is 1.30 bits per heavy atom. The van der Waals surface area contributed by atoms with Crippen LogP contribution in [-0.2, 0) is 10.0 Å². The average molecular weight is 357 g/mol. The number of halogens is 1. The van der Waals surface area contributed by atoms with Gasteiger partial charge in [-0.15, -0.1) is 0 Å². The molecule has 8 heteroatoms. The summed E-state index contributed by atoms with van der Waals surface area (Å²) in [6.07, 6.45) is 4.35.